The van der Waals surface area contributed by atoms with Gasteiger partial charge in [0.1, 0.15) is 70.4 Å². The number of aromatic nitrogens is 9. The Morgan fingerprint density at radius 1 is 0.400 bits per heavy atom. The van der Waals surface area contributed by atoms with Crippen LogP contribution in [0.1, 0.15) is 40.8 Å². The van der Waals surface area contributed by atoms with Crippen LogP contribution in [-0.4, -0.2) is 44.9 Å². The van der Waals surface area contributed by atoms with Gasteiger partial charge in [0.2, 0.25) is 29.0 Å². The summed E-state index contributed by atoms with van der Waals surface area (Å²) in [6.07, 6.45) is 0. The summed E-state index contributed by atoms with van der Waals surface area (Å²) >= 11 is 0. The number of nitrogens with zero attached hydrogens (tertiary/aromatic N) is 18. The molecule has 0 amide bonds. The maximum absolute atomic E-state index is 17.0. The van der Waals surface area contributed by atoms with Gasteiger partial charge in [-0.15, -0.1) is 33.1 Å². The average Bonchev–Trinajstić information content (AvgIpc) is 3.79. The molecule has 4 aromatic rings. The van der Waals surface area contributed by atoms with Crippen molar-refractivity contribution in [1.29, 1.82) is 31.6 Å². The van der Waals surface area contributed by atoms with Crippen LogP contribution >= 0.6 is 0 Å². The van der Waals surface area contributed by atoms with Crippen molar-refractivity contribution in [2.45, 2.75) is 0 Å². The molecule has 3 heterocycles. The first-order valence-corrected chi connectivity index (χ1v) is 15.3. The smallest absolute Gasteiger partial charge is 0.376 e. The Labute approximate surface area is 325 Å². The molecule has 0 unspecified atom stereocenters. The fraction of sp³-hybridized carbons (Fsp3) is 0. The highest BCUT2D eigenvalue weighted by molar-refractivity contribution is 6.03. The summed E-state index contributed by atoms with van der Waals surface area (Å²) < 4.78 is 102. The van der Waals surface area contributed by atoms with Gasteiger partial charge >= 0.3 is 11.9 Å². The van der Waals surface area contributed by atoms with E-state index >= 15 is 26.3 Å². The van der Waals surface area contributed by atoms with E-state index in [1.165, 1.54) is 36.4 Å². The summed E-state index contributed by atoms with van der Waals surface area (Å²) in [5, 5.41) is 49.4. The predicted octanol–water partition coefficient (Wildman–Crippen LogP) is 0.622. The molecule has 18 nitrogen and oxygen atoms in total. The first-order chi connectivity index (χ1) is 28.9. The maximum atomic E-state index is 17.0. The van der Waals surface area contributed by atoms with Crippen LogP contribution < -0.4 is 31.3 Å². The SMILES string of the molecule is [C-]#[N+]C(=C1C(F)=c2c(c3c(c4c2=C(F)/C(=C(/C#N)c2nc(C#N)nc([N+]#[C-])n2)C=4F)=C(F)/C(=C(/C#N)c2nc(C#N)nc([N+]#[C-])n2)C=3F)=C1F)c1nc(C#N)nc(C#N)n1. The van der Waals surface area contributed by atoms with E-state index in [0.717, 1.165) is 0 Å². The molecule has 24 heteroatoms. The lowest BCUT2D eigenvalue weighted by atomic mass is 10.1. The molecule has 0 atom stereocenters. The molecule has 0 fully saturated rings. The fourth-order valence-corrected chi connectivity index (χ4v) is 6.14. The second kappa shape index (κ2) is 14.1. The van der Waals surface area contributed by atoms with Crippen LogP contribution in [0.25, 0.3) is 66.3 Å². The second-order valence-electron chi connectivity index (χ2n) is 11.2. The van der Waals surface area contributed by atoms with E-state index in [0.29, 0.717) is 0 Å². The molecule has 0 radical (unpaired) electrons. The van der Waals surface area contributed by atoms with E-state index in [2.05, 4.69) is 59.4 Å². The highest BCUT2D eigenvalue weighted by atomic mass is 19.2. The van der Waals surface area contributed by atoms with Crippen LogP contribution in [0, 0.1) is 87.7 Å². The zero-order chi connectivity index (χ0) is 43.3. The van der Waals surface area contributed by atoms with Gasteiger partial charge in [-0.3, -0.25) is 0 Å². The number of nitriles is 6. The molecule has 60 heavy (non-hydrogen) atoms. The summed E-state index contributed by atoms with van der Waals surface area (Å²) in [5.74, 6) is -19.8. The van der Waals surface area contributed by atoms with Crippen LogP contribution in [0.15, 0.2) is 16.7 Å². The zero-order valence-corrected chi connectivity index (χ0v) is 28.3. The Morgan fingerprint density at radius 2 is 0.700 bits per heavy atom. The van der Waals surface area contributed by atoms with Gasteiger partial charge in [0, 0.05) is 31.3 Å². The molecule has 3 aromatic heterocycles. The molecule has 3 aliphatic rings. The molecule has 0 saturated heterocycles. The molecule has 1 aromatic carbocycles. The molecule has 0 N–H and O–H groups in total. The summed E-state index contributed by atoms with van der Waals surface area (Å²) in [6.45, 7) is 22.2. The normalized spacial score (nSPS) is 15.8. The van der Waals surface area contributed by atoms with E-state index < -0.39 is 153 Å². The number of fused-ring (bicyclic) bond motifs is 6. The van der Waals surface area contributed by atoms with Gasteiger partial charge in [0.05, 0.1) is 23.3 Å². The fourth-order valence-electron chi connectivity index (χ4n) is 6.14. The lowest BCUT2D eigenvalue weighted by Gasteiger charge is -2.04. The Kier molecular flexibility index (Phi) is 8.91. The van der Waals surface area contributed by atoms with E-state index in [1.54, 1.807) is 0 Å². The first kappa shape index (κ1) is 38.0. The number of hydrogen-bond donors (Lipinski definition) is 0. The van der Waals surface area contributed by atoms with E-state index in [-0.39, 0.29) is 0 Å². The van der Waals surface area contributed by atoms with Crippen LogP contribution in [-0.2, 0) is 0 Å². The quantitative estimate of drug-likeness (QED) is 0.156. The Morgan fingerprint density at radius 3 is 0.983 bits per heavy atom. The van der Waals surface area contributed by atoms with Gasteiger partial charge in [-0.05, 0) is 0 Å². The van der Waals surface area contributed by atoms with Gasteiger partial charge in [-0.2, -0.15) is 46.5 Å². The summed E-state index contributed by atoms with van der Waals surface area (Å²) in [7, 11) is 0. The summed E-state index contributed by atoms with van der Waals surface area (Å²) in [4.78, 5) is 40.8. The van der Waals surface area contributed by atoms with Crippen LogP contribution in [0.4, 0.5) is 38.2 Å². The van der Waals surface area contributed by atoms with Crippen molar-refractivity contribution < 1.29 is 26.3 Å². The lowest BCUT2D eigenvalue weighted by Crippen LogP contribution is -2.64. The van der Waals surface area contributed by atoms with Crippen molar-refractivity contribution in [3.63, 3.8) is 0 Å². The van der Waals surface area contributed by atoms with Crippen LogP contribution in [0.2, 0.25) is 0 Å². The molecule has 0 bridgehead atoms. The number of rotatable bonds is 3. The first-order valence-electron chi connectivity index (χ1n) is 15.3. The molecular formula is C36F6N18. The third kappa shape index (κ3) is 5.33. The van der Waals surface area contributed by atoms with Gasteiger partial charge in [0.25, 0.3) is 11.6 Å². The minimum atomic E-state index is -1.97. The van der Waals surface area contributed by atoms with Gasteiger partial charge in [-0.25, -0.2) is 41.2 Å². The third-order valence-electron chi connectivity index (χ3n) is 8.35. The Bertz CT molecular complexity index is 3160. The topological polar surface area (TPSA) is 272 Å². The summed E-state index contributed by atoms with van der Waals surface area (Å²) in [6, 6.07) is 8.53. The lowest BCUT2D eigenvalue weighted by molar-refractivity contribution is 0.724. The number of allylic oxidation sites excluding steroid dienone is 5. The van der Waals surface area contributed by atoms with Crippen LogP contribution in [0.5, 0.6) is 0 Å². The van der Waals surface area contributed by atoms with E-state index in [1.807, 2.05) is 0 Å². The zero-order valence-electron chi connectivity index (χ0n) is 28.3. The minimum absolute atomic E-state index is 0.818. The average molecular weight is 799 g/mol. The Balaban J connectivity index is 1.81. The van der Waals surface area contributed by atoms with Gasteiger partial charge in [0.15, 0.2) is 18.0 Å². The predicted molar refractivity (Wildman–Crippen MR) is 181 cm³/mol. The highest BCUT2D eigenvalue weighted by Gasteiger charge is 2.39. The van der Waals surface area contributed by atoms with Gasteiger partial charge in [-0.1, -0.05) is 0 Å². The molecule has 0 aliphatic heterocycles. The number of hydrogen-bond acceptors (Lipinski definition) is 15. The van der Waals surface area contributed by atoms with Crippen molar-refractivity contribution in [1.82, 2.24) is 44.9 Å². The van der Waals surface area contributed by atoms with Crippen LogP contribution in [0.3, 0.4) is 0 Å². The largest absolute Gasteiger partial charge is 0.394 e. The molecule has 276 valence electrons. The third-order valence-corrected chi connectivity index (χ3v) is 8.35. The standard InChI is InChI=1S/C36F6N18/c1-49-31(34-55-12(6-45)52-13(7-46)56-34)24-29(41)22-20-18(25(37)16(27(20)39)10(4-43)32-53-14(8-47)57-35(50-2)59-32)19-21(23(22)30(24)42)28(40)17(26(19)38)11(5-44)33-54-15(9-48)58-36(51-3)60-33/b16-10-,17-11+,31-24?. The monoisotopic (exact) mass is 798 g/mol. The van der Waals surface area contributed by atoms with Gasteiger partial charge < -0.3 is 9.69 Å². The maximum Gasteiger partial charge on any atom is 0.376 e. The van der Waals surface area contributed by atoms with Crippen molar-refractivity contribution in [2.24, 2.45) is 0 Å². The highest BCUT2D eigenvalue weighted by Crippen LogP contribution is 2.37. The summed E-state index contributed by atoms with van der Waals surface area (Å²) in [5.41, 5.74) is -8.17. The number of benzene rings is 1. The Hall–Kier alpha value is -10.3. The van der Waals surface area contributed by atoms with Crippen molar-refractivity contribution >= 4 is 63.7 Å². The molecular weight excluding hydrogens is 799 g/mol. The molecule has 3 aliphatic carbocycles. The van der Waals surface area contributed by atoms with Crippen molar-refractivity contribution in [3.05, 3.63) is 123 Å². The van der Waals surface area contributed by atoms with E-state index in [9.17, 15) is 31.6 Å². The molecule has 0 spiro atoms. The minimum Gasteiger partial charge on any atom is -0.394 e. The molecule has 0 saturated carbocycles. The van der Waals surface area contributed by atoms with E-state index in [4.69, 9.17) is 19.7 Å². The van der Waals surface area contributed by atoms with Crippen molar-refractivity contribution in [2.75, 3.05) is 0 Å². The number of halogens is 6. The second-order valence-corrected chi connectivity index (χ2v) is 11.2. The van der Waals surface area contributed by atoms with Crippen molar-refractivity contribution in [3.8, 4) is 36.4 Å². The molecule has 7 rings (SSSR count).